The van der Waals surface area contributed by atoms with Gasteiger partial charge in [0.2, 0.25) is 15.9 Å². The van der Waals surface area contributed by atoms with E-state index in [1.807, 2.05) is 0 Å². The molecule has 31 heavy (non-hydrogen) atoms. The van der Waals surface area contributed by atoms with Gasteiger partial charge in [-0.1, -0.05) is 53.0 Å². The summed E-state index contributed by atoms with van der Waals surface area (Å²) in [6.45, 7) is -0.488. The number of carbonyl (C=O) groups is 1. The lowest BCUT2D eigenvalue weighted by Gasteiger charge is -2.22. The van der Waals surface area contributed by atoms with Crippen LogP contribution in [0, 0.1) is 0 Å². The van der Waals surface area contributed by atoms with Crippen LogP contribution in [-0.2, 0) is 21.4 Å². The summed E-state index contributed by atoms with van der Waals surface area (Å²) >= 11 is 21.3. The summed E-state index contributed by atoms with van der Waals surface area (Å²) in [6.07, 6.45) is 0. The molecule has 0 aliphatic rings. The fraction of sp³-hybridized carbons (Fsp3) is 0.0952. The second kappa shape index (κ2) is 10.3. The van der Waals surface area contributed by atoms with Crippen molar-refractivity contribution in [3.05, 3.63) is 91.8 Å². The van der Waals surface area contributed by atoms with Crippen molar-refractivity contribution in [2.45, 2.75) is 11.4 Å². The van der Waals surface area contributed by atoms with Crippen LogP contribution >= 0.6 is 50.7 Å². The second-order valence-corrected chi connectivity index (χ2v) is 10.5. The van der Waals surface area contributed by atoms with Crippen molar-refractivity contribution in [2.24, 2.45) is 0 Å². The first-order chi connectivity index (χ1) is 14.7. The highest BCUT2D eigenvalue weighted by Gasteiger charge is 2.27. The van der Waals surface area contributed by atoms with Gasteiger partial charge in [-0.25, -0.2) is 8.42 Å². The maximum absolute atomic E-state index is 13.3. The number of hydrogen-bond acceptors (Lipinski definition) is 3. The zero-order valence-corrected chi connectivity index (χ0v) is 20.5. The first kappa shape index (κ1) is 24.0. The molecule has 0 aromatic heterocycles. The van der Waals surface area contributed by atoms with Crippen molar-refractivity contribution in [1.82, 2.24) is 4.31 Å². The number of anilines is 1. The van der Waals surface area contributed by atoms with Gasteiger partial charge in [-0.05, 0) is 70.0 Å². The van der Waals surface area contributed by atoms with E-state index in [1.54, 1.807) is 42.5 Å². The molecule has 0 saturated carbocycles. The van der Waals surface area contributed by atoms with Crippen LogP contribution in [0.5, 0.6) is 0 Å². The Morgan fingerprint density at radius 2 is 1.61 bits per heavy atom. The van der Waals surface area contributed by atoms with Gasteiger partial charge in [-0.15, -0.1) is 0 Å². The lowest BCUT2D eigenvalue weighted by molar-refractivity contribution is -0.116. The molecule has 10 heteroatoms. The number of nitrogens with zero attached hydrogens (tertiary/aromatic N) is 1. The quantitative estimate of drug-likeness (QED) is 0.371. The van der Waals surface area contributed by atoms with Crippen LogP contribution < -0.4 is 5.32 Å². The van der Waals surface area contributed by atoms with E-state index < -0.39 is 22.5 Å². The molecule has 162 valence electrons. The summed E-state index contributed by atoms with van der Waals surface area (Å²) in [5, 5.41) is 3.77. The average Bonchev–Trinajstić information content (AvgIpc) is 2.72. The third-order valence-corrected chi connectivity index (χ3v) is 7.75. The van der Waals surface area contributed by atoms with E-state index in [-0.39, 0.29) is 11.4 Å². The van der Waals surface area contributed by atoms with Crippen molar-refractivity contribution in [3.8, 4) is 0 Å². The number of carbonyl (C=O) groups excluding carboxylic acids is 1. The minimum Gasteiger partial charge on any atom is -0.324 e. The van der Waals surface area contributed by atoms with E-state index in [9.17, 15) is 13.2 Å². The van der Waals surface area contributed by atoms with E-state index in [0.717, 1.165) is 4.31 Å². The monoisotopic (exact) mass is 560 g/mol. The van der Waals surface area contributed by atoms with Crippen LogP contribution in [0.1, 0.15) is 5.56 Å². The van der Waals surface area contributed by atoms with E-state index in [1.165, 1.54) is 24.3 Å². The molecule has 0 heterocycles. The van der Waals surface area contributed by atoms with Crippen LogP contribution in [0.2, 0.25) is 15.1 Å². The predicted octanol–water partition coefficient (Wildman–Crippen LogP) is 6.24. The number of nitrogens with one attached hydrogen (secondary N) is 1. The van der Waals surface area contributed by atoms with Gasteiger partial charge >= 0.3 is 0 Å². The van der Waals surface area contributed by atoms with Crippen LogP contribution in [0.25, 0.3) is 0 Å². The van der Waals surface area contributed by atoms with Gasteiger partial charge < -0.3 is 5.32 Å². The van der Waals surface area contributed by atoms with E-state index in [4.69, 9.17) is 34.8 Å². The minimum atomic E-state index is -4.01. The molecule has 3 rings (SSSR count). The van der Waals surface area contributed by atoms with Gasteiger partial charge in [0, 0.05) is 16.0 Å². The van der Waals surface area contributed by atoms with Crippen molar-refractivity contribution in [1.29, 1.82) is 0 Å². The molecular formula is C21H16BrCl3N2O3S. The summed E-state index contributed by atoms with van der Waals surface area (Å²) in [4.78, 5) is 12.7. The molecule has 0 unspecified atom stereocenters. The molecule has 3 aromatic rings. The zero-order chi connectivity index (χ0) is 22.6. The van der Waals surface area contributed by atoms with Crippen LogP contribution in [-0.4, -0.2) is 25.2 Å². The number of hydrogen-bond donors (Lipinski definition) is 1. The first-order valence-corrected chi connectivity index (χ1v) is 12.3. The molecule has 1 N–H and O–H groups in total. The molecule has 0 radical (unpaired) electrons. The van der Waals surface area contributed by atoms with Crippen molar-refractivity contribution >= 4 is 72.4 Å². The SMILES string of the molecule is O=C(CN(Cc1ccc(Cl)c(Cl)c1)S(=O)(=O)c1ccc(Cl)cc1)Nc1ccccc1Br. The second-order valence-electron chi connectivity index (χ2n) is 6.50. The molecule has 0 fully saturated rings. The highest BCUT2D eigenvalue weighted by Crippen LogP contribution is 2.26. The predicted molar refractivity (Wildman–Crippen MR) is 128 cm³/mol. The van der Waals surface area contributed by atoms with Gasteiger partial charge in [0.15, 0.2) is 0 Å². The molecule has 0 aliphatic heterocycles. The molecule has 1 amide bonds. The topological polar surface area (TPSA) is 66.5 Å². The Labute approximate surface area is 204 Å². The van der Waals surface area contributed by atoms with Crippen molar-refractivity contribution < 1.29 is 13.2 Å². The van der Waals surface area contributed by atoms with Crippen LogP contribution in [0.15, 0.2) is 76.1 Å². The Balaban J connectivity index is 1.91. The van der Waals surface area contributed by atoms with Gasteiger partial charge in [0.05, 0.1) is 27.2 Å². The summed E-state index contributed by atoms with van der Waals surface area (Å²) < 4.78 is 28.3. The fourth-order valence-electron chi connectivity index (χ4n) is 2.74. The zero-order valence-electron chi connectivity index (χ0n) is 15.9. The maximum Gasteiger partial charge on any atom is 0.243 e. The molecular weight excluding hydrogens is 547 g/mol. The third-order valence-electron chi connectivity index (χ3n) is 4.26. The Morgan fingerprint density at radius 3 is 2.26 bits per heavy atom. The molecule has 0 bridgehead atoms. The highest BCUT2D eigenvalue weighted by atomic mass is 79.9. The molecule has 0 atom stereocenters. The summed E-state index contributed by atoms with van der Waals surface area (Å²) in [5.74, 6) is -0.496. The summed E-state index contributed by atoms with van der Waals surface area (Å²) in [5.41, 5.74) is 1.12. The first-order valence-electron chi connectivity index (χ1n) is 8.91. The largest absolute Gasteiger partial charge is 0.324 e. The lowest BCUT2D eigenvalue weighted by Crippen LogP contribution is -2.37. The Morgan fingerprint density at radius 1 is 0.935 bits per heavy atom. The third kappa shape index (κ3) is 6.22. The van der Waals surface area contributed by atoms with Crippen LogP contribution in [0.4, 0.5) is 5.69 Å². The minimum absolute atomic E-state index is 0.0191. The summed E-state index contributed by atoms with van der Waals surface area (Å²) in [6, 6.07) is 17.6. The van der Waals surface area contributed by atoms with Gasteiger partial charge in [-0.3, -0.25) is 4.79 Å². The standard InChI is InChI=1S/C21H16BrCl3N2O3S/c22-17-3-1-2-4-20(17)26-21(28)13-27(12-14-5-10-18(24)19(25)11-14)31(29,30)16-8-6-15(23)7-9-16/h1-11H,12-13H2,(H,26,28). The van der Waals surface area contributed by atoms with Gasteiger partial charge in [0.25, 0.3) is 0 Å². The number of benzene rings is 3. The number of halogens is 4. The number of para-hydroxylation sites is 1. The van der Waals surface area contributed by atoms with Gasteiger partial charge in [-0.2, -0.15) is 4.31 Å². The maximum atomic E-state index is 13.3. The Kier molecular flexibility index (Phi) is 8.02. The fourth-order valence-corrected chi connectivity index (χ4v) is 4.95. The Bertz CT molecular complexity index is 1200. The number of amides is 1. The van der Waals surface area contributed by atoms with Crippen LogP contribution in [0.3, 0.4) is 0 Å². The number of sulfonamides is 1. The molecule has 5 nitrogen and oxygen atoms in total. The lowest BCUT2D eigenvalue weighted by atomic mass is 10.2. The van der Waals surface area contributed by atoms with E-state index in [0.29, 0.717) is 30.8 Å². The highest BCUT2D eigenvalue weighted by molar-refractivity contribution is 9.10. The summed E-state index contributed by atoms with van der Waals surface area (Å²) in [7, 11) is -4.01. The van der Waals surface area contributed by atoms with E-state index in [2.05, 4.69) is 21.2 Å². The molecule has 0 spiro atoms. The van der Waals surface area contributed by atoms with Crippen molar-refractivity contribution in [2.75, 3.05) is 11.9 Å². The van der Waals surface area contributed by atoms with Gasteiger partial charge in [0.1, 0.15) is 0 Å². The molecule has 0 saturated heterocycles. The number of rotatable bonds is 7. The smallest absolute Gasteiger partial charge is 0.243 e. The molecule has 3 aromatic carbocycles. The molecule has 0 aliphatic carbocycles. The average molecular weight is 563 g/mol. The normalized spacial score (nSPS) is 11.5. The van der Waals surface area contributed by atoms with Crippen molar-refractivity contribution in [3.63, 3.8) is 0 Å². The Hall–Kier alpha value is -1.61. The van der Waals surface area contributed by atoms with E-state index >= 15 is 0 Å².